The molecule has 3 aromatic rings. The van der Waals surface area contributed by atoms with E-state index in [0.717, 1.165) is 0 Å². The summed E-state index contributed by atoms with van der Waals surface area (Å²) in [6.45, 7) is 0. The smallest absolute Gasteiger partial charge is 0.113 e. The Hall–Kier alpha value is -1.98. The first-order valence-corrected chi connectivity index (χ1v) is 6.49. The zero-order valence-electron chi connectivity index (χ0n) is 20.0. The lowest BCUT2D eigenvalue weighted by molar-refractivity contribution is -0.120. The van der Waals surface area contributed by atoms with E-state index in [9.17, 15) is 20.4 Å². The van der Waals surface area contributed by atoms with E-state index in [0.29, 0.717) is 0 Å². The van der Waals surface area contributed by atoms with Gasteiger partial charge in [-0.2, -0.15) is 0 Å². The molecule has 4 heteroatoms. The minimum absolute atomic E-state index is 0.329. The number of aliphatic hydroxyl groups is 4. The Morgan fingerprint density at radius 3 is 2.27 bits per heavy atom. The lowest BCUT2D eigenvalue weighted by Gasteiger charge is -2.34. The van der Waals surface area contributed by atoms with E-state index in [1.54, 1.807) is 0 Å². The van der Waals surface area contributed by atoms with Gasteiger partial charge >= 0.3 is 0 Å². The van der Waals surface area contributed by atoms with Gasteiger partial charge in [0, 0.05) is 0 Å². The molecule has 1 aliphatic rings. The lowest BCUT2D eigenvalue weighted by Crippen LogP contribution is -2.41. The first kappa shape index (κ1) is 7.06. The van der Waals surface area contributed by atoms with Crippen LogP contribution in [0.3, 0.4) is 0 Å². The van der Waals surface area contributed by atoms with Crippen molar-refractivity contribution < 1.29 is 32.8 Å². The Balaban J connectivity index is 2.38. The molecular formula is C18H16O4. The van der Waals surface area contributed by atoms with Crippen LogP contribution in [0.5, 0.6) is 0 Å². The lowest BCUT2D eigenvalue weighted by atomic mass is 9.81. The molecule has 1 aliphatic carbocycles. The predicted octanol–water partition coefficient (Wildman–Crippen LogP) is 1.80. The highest BCUT2D eigenvalue weighted by molar-refractivity contribution is 6.07. The molecule has 4 N–H and O–H groups in total. The number of fused-ring (bicyclic) bond motifs is 4. The van der Waals surface area contributed by atoms with Crippen LogP contribution in [0.15, 0.2) is 48.3 Å². The summed E-state index contributed by atoms with van der Waals surface area (Å²) in [4.78, 5) is 0. The van der Waals surface area contributed by atoms with Gasteiger partial charge in [0.05, 0.1) is 12.3 Å². The summed E-state index contributed by atoms with van der Waals surface area (Å²) >= 11 is 0. The summed E-state index contributed by atoms with van der Waals surface area (Å²) < 4.78 is 73.6. The van der Waals surface area contributed by atoms with Crippen molar-refractivity contribution in [3.05, 3.63) is 59.5 Å². The van der Waals surface area contributed by atoms with Gasteiger partial charge in [0.25, 0.3) is 0 Å². The minimum atomic E-state index is -3.03. The highest BCUT2D eigenvalue weighted by atomic mass is 16.4. The van der Waals surface area contributed by atoms with E-state index < -0.39 is 83.9 Å². The van der Waals surface area contributed by atoms with Crippen molar-refractivity contribution in [1.29, 1.82) is 0 Å². The molecule has 0 saturated carbocycles. The zero-order chi connectivity index (χ0) is 23.3. The number of hydrogen-bond acceptors (Lipinski definition) is 4. The van der Waals surface area contributed by atoms with Gasteiger partial charge in [0.1, 0.15) is 24.4 Å². The maximum absolute atomic E-state index is 10.5. The molecule has 0 aromatic heterocycles. The van der Waals surface area contributed by atoms with Crippen molar-refractivity contribution in [2.24, 2.45) is 0 Å². The third-order valence-corrected chi connectivity index (χ3v) is 3.76. The van der Waals surface area contributed by atoms with Crippen molar-refractivity contribution in [2.45, 2.75) is 24.4 Å². The molecule has 4 rings (SSSR count). The van der Waals surface area contributed by atoms with E-state index in [2.05, 4.69) is 0 Å². The molecule has 0 spiro atoms. The van der Waals surface area contributed by atoms with Crippen molar-refractivity contribution in [3.8, 4) is 0 Å². The molecule has 0 bridgehead atoms. The highest BCUT2D eigenvalue weighted by Gasteiger charge is 2.39. The average Bonchev–Trinajstić information content (AvgIpc) is 2.71. The van der Waals surface area contributed by atoms with Crippen LogP contribution in [-0.2, 0) is 0 Å². The van der Waals surface area contributed by atoms with E-state index in [-0.39, 0.29) is 21.5 Å². The fraction of sp³-hybridized carbons (Fsp3) is 0.222. The second kappa shape index (κ2) is 4.76. The normalized spacial score (nSPS) is 37.1. The standard InChI is InChI=1S/C18H16O4/c19-15-13-7-10-6-5-9-3-1-2-4-11(9)12(10)8-14(13)16(20)18(22)17(15)21/h1-8,15-22H/t15-,16-,17+,18+/m0/s1/i1D,2D,3D,4D,5D,6D,7D,8D,18D. The van der Waals surface area contributed by atoms with Crippen molar-refractivity contribution in [1.82, 2.24) is 0 Å². The van der Waals surface area contributed by atoms with E-state index in [4.69, 9.17) is 12.3 Å². The Morgan fingerprint density at radius 2 is 1.45 bits per heavy atom. The SMILES string of the molecule is [2H]c1c([2H])c([2H])c2c(c1[2H])c([2H])c([2H])c1c([2H])c3c(c([2H])c12)[C@H](O)[C@@]([2H])(O)[C@H](O)[C@H]3O. The Kier molecular flexibility index (Phi) is 1.53. The second-order valence-corrected chi connectivity index (χ2v) is 5.04. The summed E-state index contributed by atoms with van der Waals surface area (Å²) in [7, 11) is 0. The highest BCUT2D eigenvalue weighted by Crippen LogP contribution is 2.40. The van der Waals surface area contributed by atoms with Crippen molar-refractivity contribution in [3.63, 3.8) is 0 Å². The third-order valence-electron chi connectivity index (χ3n) is 3.76. The van der Waals surface area contributed by atoms with Gasteiger partial charge in [-0.3, -0.25) is 0 Å². The minimum Gasteiger partial charge on any atom is -0.387 e. The monoisotopic (exact) mass is 305 g/mol. The summed E-state index contributed by atoms with van der Waals surface area (Å²) in [6, 6.07) is -5.18. The van der Waals surface area contributed by atoms with Gasteiger partial charge in [-0.25, -0.2) is 0 Å². The van der Waals surface area contributed by atoms with E-state index in [1.165, 1.54) is 0 Å². The summed E-state index contributed by atoms with van der Waals surface area (Å²) in [6.07, 6.45) is -9.57. The Bertz CT molecular complexity index is 1310. The number of rotatable bonds is 0. The van der Waals surface area contributed by atoms with Crippen LogP contribution in [0.2, 0.25) is 0 Å². The topological polar surface area (TPSA) is 80.9 Å². The molecule has 0 amide bonds. The molecule has 0 saturated heterocycles. The third kappa shape index (κ3) is 1.79. The maximum atomic E-state index is 10.5. The van der Waals surface area contributed by atoms with Crippen LogP contribution in [0.1, 0.15) is 35.7 Å². The molecule has 4 atom stereocenters. The van der Waals surface area contributed by atoms with Crippen LogP contribution in [-0.4, -0.2) is 32.6 Å². The summed E-state index contributed by atoms with van der Waals surface area (Å²) in [5.41, 5.74) is -1.07. The van der Waals surface area contributed by atoms with Crippen LogP contribution in [0.4, 0.5) is 0 Å². The van der Waals surface area contributed by atoms with E-state index in [1.807, 2.05) is 0 Å². The second-order valence-electron chi connectivity index (χ2n) is 5.04. The first-order valence-electron chi connectivity index (χ1n) is 11.0. The van der Waals surface area contributed by atoms with Gasteiger partial charge in [-0.1, -0.05) is 36.3 Å². The van der Waals surface area contributed by atoms with Crippen LogP contribution < -0.4 is 0 Å². The molecular weight excluding hydrogens is 280 g/mol. The van der Waals surface area contributed by atoms with Gasteiger partial charge in [-0.05, 0) is 44.8 Å². The molecule has 0 fully saturated rings. The van der Waals surface area contributed by atoms with Gasteiger partial charge in [-0.15, -0.1) is 0 Å². The molecule has 0 aliphatic heterocycles. The molecule has 4 nitrogen and oxygen atoms in total. The number of hydrogen-bond donors (Lipinski definition) is 4. The fourth-order valence-electron chi connectivity index (χ4n) is 2.61. The van der Waals surface area contributed by atoms with Crippen molar-refractivity contribution >= 4 is 21.5 Å². The zero-order valence-corrected chi connectivity index (χ0v) is 11.0. The summed E-state index contributed by atoms with van der Waals surface area (Å²) in [5, 5.41) is 39.8. The first-order chi connectivity index (χ1) is 14.3. The number of benzene rings is 3. The molecule has 0 radical (unpaired) electrons. The molecule has 22 heavy (non-hydrogen) atoms. The fourth-order valence-corrected chi connectivity index (χ4v) is 2.61. The maximum Gasteiger partial charge on any atom is 0.113 e. The largest absolute Gasteiger partial charge is 0.387 e. The molecule has 112 valence electrons. The van der Waals surface area contributed by atoms with Crippen LogP contribution in [0.25, 0.3) is 21.5 Å². The van der Waals surface area contributed by atoms with Gasteiger partial charge in [0.15, 0.2) is 0 Å². The molecule has 0 heterocycles. The van der Waals surface area contributed by atoms with Gasteiger partial charge in [0.2, 0.25) is 0 Å². The molecule has 0 unspecified atom stereocenters. The average molecular weight is 305 g/mol. The quantitative estimate of drug-likeness (QED) is 0.477. The van der Waals surface area contributed by atoms with Gasteiger partial charge < -0.3 is 20.4 Å². The van der Waals surface area contributed by atoms with Crippen LogP contribution in [0, 0.1) is 0 Å². The Labute approximate surface area is 139 Å². The molecule has 3 aromatic carbocycles. The van der Waals surface area contributed by atoms with E-state index >= 15 is 0 Å². The Morgan fingerprint density at radius 1 is 0.773 bits per heavy atom. The summed E-state index contributed by atoms with van der Waals surface area (Å²) in [5.74, 6) is 0. The number of aliphatic hydroxyl groups excluding tert-OH is 3. The van der Waals surface area contributed by atoms with Crippen molar-refractivity contribution in [2.75, 3.05) is 0 Å². The predicted molar refractivity (Wildman–Crippen MR) is 83.4 cm³/mol. The van der Waals surface area contributed by atoms with Crippen LogP contribution >= 0.6 is 0 Å².